The second-order valence-corrected chi connectivity index (χ2v) is 8.37. The van der Waals surface area contributed by atoms with Crippen LogP contribution in [0.5, 0.6) is 0 Å². The molecule has 3 heterocycles. The van der Waals surface area contributed by atoms with E-state index in [0.717, 1.165) is 50.3 Å². The Balaban J connectivity index is 1.47. The van der Waals surface area contributed by atoms with E-state index in [4.69, 9.17) is 0 Å². The number of likely N-dealkylation sites (tertiary alicyclic amines) is 1. The summed E-state index contributed by atoms with van der Waals surface area (Å²) in [5.41, 5.74) is 2.67. The number of hydrogen-bond acceptors (Lipinski definition) is 4. The monoisotopic (exact) mass is 394 g/mol. The SMILES string of the molecule is CC1CCN(C(=O)Cn2nc(-c3ccc(N4CCCCC4)cc3)ccc2=O)CC1. The number of piperidine rings is 2. The second-order valence-electron chi connectivity index (χ2n) is 8.37. The van der Waals surface area contributed by atoms with E-state index in [1.165, 1.54) is 35.7 Å². The van der Waals surface area contributed by atoms with Gasteiger partial charge in [-0.15, -0.1) is 0 Å². The molecule has 29 heavy (non-hydrogen) atoms. The summed E-state index contributed by atoms with van der Waals surface area (Å²) in [5, 5.41) is 4.48. The van der Waals surface area contributed by atoms with Gasteiger partial charge in [-0.3, -0.25) is 9.59 Å². The van der Waals surface area contributed by atoms with Crippen molar-refractivity contribution in [2.75, 3.05) is 31.1 Å². The number of aromatic nitrogens is 2. The van der Waals surface area contributed by atoms with Gasteiger partial charge in [0.2, 0.25) is 5.91 Å². The van der Waals surface area contributed by atoms with Crippen LogP contribution in [0.3, 0.4) is 0 Å². The third-order valence-corrected chi connectivity index (χ3v) is 6.17. The quantitative estimate of drug-likeness (QED) is 0.799. The van der Waals surface area contributed by atoms with Crippen molar-refractivity contribution in [3.05, 3.63) is 46.8 Å². The molecule has 1 aromatic carbocycles. The Morgan fingerprint density at radius 2 is 1.66 bits per heavy atom. The van der Waals surface area contributed by atoms with E-state index in [0.29, 0.717) is 5.92 Å². The standard InChI is InChI=1S/C23H30N4O2/c1-18-11-15-26(16-12-18)23(29)17-27-22(28)10-9-21(24-27)19-5-7-20(8-6-19)25-13-3-2-4-14-25/h5-10,18H,2-4,11-17H2,1H3. The van der Waals surface area contributed by atoms with Crippen LogP contribution in [0.1, 0.15) is 39.0 Å². The van der Waals surface area contributed by atoms with Crippen molar-refractivity contribution >= 4 is 11.6 Å². The first-order chi connectivity index (χ1) is 14.1. The molecule has 154 valence electrons. The first-order valence-corrected chi connectivity index (χ1v) is 10.8. The molecule has 2 aromatic rings. The summed E-state index contributed by atoms with van der Waals surface area (Å²) < 4.78 is 1.30. The number of rotatable bonds is 4. The van der Waals surface area contributed by atoms with Gasteiger partial charge >= 0.3 is 0 Å². The van der Waals surface area contributed by atoms with Crippen molar-refractivity contribution < 1.29 is 4.79 Å². The second kappa shape index (κ2) is 8.80. The largest absolute Gasteiger partial charge is 0.372 e. The van der Waals surface area contributed by atoms with Gasteiger partial charge in [-0.1, -0.05) is 19.1 Å². The average Bonchev–Trinajstić information content (AvgIpc) is 2.76. The van der Waals surface area contributed by atoms with Crippen molar-refractivity contribution in [3.8, 4) is 11.3 Å². The Bertz CT molecular complexity index is 892. The molecular formula is C23H30N4O2. The fraction of sp³-hybridized carbons (Fsp3) is 0.522. The van der Waals surface area contributed by atoms with E-state index >= 15 is 0 Å². The lowest BCUT2D eigenvalue weighted by molar-refractivity contribution is -0.133. The van der Waals surface area contributed by atoms with Crippen LogP contribution in [0.4, 0.5) is 5.69 Å². The topological polar surface area (TPSA) is 58.4 Å². The van der Waals surface area contributed by atoms with Crippen molar-refractivity contribution in [3.63, 3.8) is 0 Å². The first kappa shape index (κ1) is 19.7. The zero-order valence-corrected chi connectivity index (χ0v) is 17.2. The molecule has 1 aromatic heterocycles. The lowest BCUT2D eigenvalue weighted by Crippen LogP contribution is -2.41. The summed E-state index contributed by atoms with van der Waals surface area (Å²) in [7, 11) is 0. The Morgan fingerprint density at radius 3 is 2.34 bits per heavy atom. The molecule has 2 fully saturated rings. The predicted octanol–water partition coefficient (Wildman–Crippen LogP) is 3.16. The predicted molar refractivity (Wildman–Crippen MR) is 115 cm³/mol. The molecule has 0 spiro atoms. The number of carbonyl (C=O) groups is 1. The zero-order chi connectivity index (χ0) is 20.2. The molecule has 2 aliphatic heterocycles. The zero-order valence-electron chi connectivity index (χ0n) is 17.2. The van der Waals surface area contributed by atoms with E-state index in [-0.39, 0.29) is 18.0 Å². The summed E-state index contributed by atoms with van der Waals surface area (Å²) in [4.78, 5) is 29.1. The molecular weight excluding hydrogens is 364 g/mol. The van der Waals surface area contributed by atoms with Crippen molar-refractivity contribution in [1.29, 1.82) is 0 Å². The fourth-order valence-corrected chi connectivity index (χ4v) is 4.20. The highest BCUT2D eigenvalue weighted by atomic mass is 16.2. The molecule has 4 rings (SSSR count). The number of nitrogens with zero attached hydrogens (tertiary/aromatic N) is 4. The Labute approximate surface area is 172 Å². The molecule has 0 radical (unpaired) electrons. The molecule has 0 unspecified atom stereocenters. The smallest absolute Gasteiger partial charge is 0.267 e. The maximum atomic E-state index is 12.6. The third kappa shape index (κ3) is 4.69. The lowest BCUT2D eigenvalue weighted by atomic mass is 9.99. The molecule has 6 nitrogen and oxygen atoms in total. The molecule has 0 aliphatic carbocycles. The van der Waals surface area contributed by atoms with E-state index in [9.17, 15) is 9.59 Å². The Kier molecular flexibility index (Phi) is 5.97. The van der Waals surface area contributed by atoms with Gasteiger partial charge in [-0.2, -0.15) is 5.10 Å². The van der Waals surface area contributed by atoms with Crippen LogP contribution in [0.2, 0.25) is 0 Å². The molecule has 1 amide bonds. The highest BCUT2D eigenvalue weighted by Gasteiger charge is 2.21. The van der Waals surface area contributed by atoms with Gasteiger partial charge in [0.15, 0.2) is 0 Å². The van der Waals surface area contributed by atoms with Gasteiger partial charge in [0, 0.05) is 43.5 Å². The number of benzene rings is 1. The minimum Gasteiger partial charge on any atom is -0.372 e. The number of amides is 1. The maximum absolute atomic E-state index is 12.6. The van der Waals surface area contributed by atoms with Crippen LogP contribution < -0.4 is 10.5 Å². The minimum atomic E-state index is -0.239. The van der Waals surface area contributed by atoms with Gasteiger partial charge in [0.1, 0.15) is 6.54 Å². The Hall–Kier alpha value is -2.63. The average molecular weight is 395 g/mol. The first-order valence-electron chi connectivity index (χ1n) is 10.8. The summed E-state index contributed by atoms with van der Waals surface area (Å²) in [6.45, 7) is 5.99. The molecule has 6 heteroatoms. The minimum absolute atomic E-state index is 0.00686. The fourth-order valence-electron chi connectivity index (χ4n) is 4.20. The Morgan fingerprint density at radius 1 is 0.966 bits per heavy atom. The van der Waals surface area contributed by atoms with Gasteiger partial charge in [-0.25, -0.2) is 4.68 Å². The number of anilines is 1. The van der Waals surface area contributed by atoms with Gasteiger partial charge in [-0.05, 0) is 56.2 Å². The van der Waals surface area contributed by atoms with Crippen LogP contribution in [0.15, 0.2) is 41.2 Å². The highest BCUT2D eigenvalue weighted by Crippen LogP contribution is 2.24. The van der Waals surface area contributed by atoms with E-state index in [1.54, 1.807) is 6.07 Å². The summed E-state index contributed by atoms with van der Waals surface area (Å²) >= 11 is 0. The molecule has 2 aliphatic rings. The molecule has 0 N–H and O–H groups in total. The van der Waals surface area contributed by atoms with Crippen LogP contribution in [-0.4, -0.2) is 46.8 Å². The van der Waals surface area contributed by atoms with Gasteiger partial charge in [0.25, 0.3) is 5.56 Å². The lowest BCUT2D eigenvalue weighted by Gasteiger charge is -2.30. The van der Waals surface area contributed by atoms with E-state index in [2.05, 4.69) is 41.2 Å². The van der Waals surface area contributed by atoms with Crippen LogP contribution >= 0.6 is 0 Å². The van der Waals surface area contributed by atoms with Crippen LogP contribution in [0.25, 0.3) is 11.3 Å². The van der Waals surface area contributed by atoms with Crippen LogP contribution in [0, 0.1) is 5.92 Å². The van der Waals surface area contributed by atoms with E-state index in [1.807, 2.05) is 4.90 Å². The molecule has 0 bridgehead atoms. The van der Waals surface area contributed by atoms with Crippen LogP contribution in [-0.2, 0) is 11.3 Å². The van der Waals surface area contributed by atoms with Gasteiger partial charge < -0.3 is 9.80 Å². The van der Waals surface area contributed by atoms with E-state index < -0.39 is 0 Å². The third-order valence-electron chi connectivity index (χ3n) is 6.17. The van der Waals surface area contributed by atoms with Crippen molar-refractivity contribution in [2.24, 2.45) is 5.92 Å². The molecule has 0 atom stereocenters. The number of hydrogen-bond donors (Lipinski definition) is 0. The van der Waals surface area contributed by atoms with Gasteiger partial charge in [0.05, 0.1) is 5.69 Å². The van der Waals surface area contributed by atoms with Crippen molar-refractivity contribution in [2.45, 2.75) is 45.6 Å². The molecule has 2 saturated heterocycles. The maximum Gasteiger partial charge on any atom is 0.267 e. The summed E-state index contributed by atoms with van der Waals surface area (Å²) in [6.07, 6.45) is 5.86. The summed E-state index contributed by atoms with van der Waals surface area (Å²) in [6, 6.07) is 11.6. The number of carbonyl (C=O) groups excluding carboxylic acids is 1. The summed E-state index contributed by atoms with van der Waals surface area (Å²) in [5.74, 6) is 0.639. The highest BCUT2D eigenvalue weighted by molar-refractivity contribution is 5.76. The molecule has 0 saturated carbocycles. The normalized spacial score (nSPS) is 18.1. The van der Waals surface area contributed by atoms with Crippen molar-refractivity contribution in [1.82, 2.24) is 14.7 Å².